The Morgan fingerprint density at radius 1 is 0.488 bits per heavy atom. The molecule has 0 atom stereocenters. The number of fused-ring (bicyclic) bond motifs is 9. The zero-order valence-electron chi connectivity index (χ0n) is 48.9. The number of nitrogens with zero attached hydrogens (tertiary/aromatic N) is 1. The molecule has 410 valence electrons. The highest BCUT2D eigenvalue weighted by Crippen LogP contribution is 2.56. The Balaban J connectivity index is 0.000000524. The molecule has 12 rings (SSSR count). The van der Waals surface area contributed by atoms with Gasteiger partial charge in [-0.05, 0) is 164 Å². The van der Waals surface area contributed by atoms with E-state index in [0.717, 1.165) is 42.5 Å². The number of nitrogens with one attached hydrogen (secondary N) is 1. The topological polar surface area (TPSA) is 17.0 Å². The van der Waals surface area contributed by atoms with E-state index in [9.17, 15) is 0 Å². The molecule has 0 amide bonds. The van der Waals surface area contributed by atoms with Gasteiger partial charge in [-0.15, -0.1) is 0 Å². The lowest BCUT2D eigenvalue weighted by molar-refractivity contribution is 0.401. The quantitative estimate of drug-likeness (QED) is 0.0595. The summed E-state index contributed by atoms with van der Waals surface area (Å²) in [6, 6.07) is 65.9. The van der Waals surface area contributed by atoms with Crippen molar-refractivity contribution in [1.82, 2.24) is 4.57 Å². The lowest BCUT2D eigenvalue weighted by Gasteiger charge is -2.33. The summed E-state index contributed by atoms with van der Waals surface area (Å²) < 4.78 is 2.63. The first-order valence-corrected chi connectivity index (χ1v) is 30.3. The number of rotatable bonds is 20. The first-order chi connectivity index (χ1) is 40.2. The molecule has 9 aromatic rings. The molecule has 0 unspecified atom stereocenters. The van der Waals surface area contributed by atoms with Gasteiger partial charge in [0.15, 0.2) is 0 Å². The first-order valence-electron chi connectivity index (χ1n) is 30.3. The van der Waals surface area contributed by atoms with E-state index >= 15 is 0 Å². The first kappa shape index (κ1) is 55.4. The minimum Gasteiger partial charge on any atom is -0.356 e. The second-order valence-electron chi connectivity index (χ2n) is 23.4. The highest BCUT2D eigenvalue weighted by Gasteiger charge is 2.43. The van der Waals surface area contributed by atoms with E-state index in [-0.39, 0.29) is 10.8 Å². The van der Waals surface area contributed by atoms with Gasteiger partial charge >= 0.3 is 0 Å². The maximum absolute atomic E-state index is 4.01. The lowest BCUT2D eigenvalue weighted by Crippen LogP contribution is -2.26. The summed E-state index contributed by atoms with van der Waals surface area (Å²) in [5.41, 5.74) is 27.5. The Morgan fingerprint density at radius 2 is 1.07 bits per heavy atom. The molecule has 0 spiro atoms. The van der Waals surface area contributed by atoms with Crippen molar-refractivity contribution < 1.29 is 0 Å². The highest BCUT2D eigenvalue weighted by atomic mass is 15.0. The largest absolute Gasteiger partial charge is 0.356 e. The van der Waals surface area contributed by atoms with Crippen LogP contribution in [0.3, 0.4) is 0 Å². The number of benzene rings is 8. The number of unbranched alkanes of at least 4 members (excludes halogenated alkanes) is 6. The molecule has 1 N–H and O–H groups in total. The van der Waals surface area contributed by atoms with Gasteiger partial charge in [-0.3, -0.25) is 0 Å². The number of allylic oxidation sites excluding steroid dienone is 5. The third-order valence-corrected chi connectivity index (χ3v) is 17.9. The van der Waals surface area contributed by atoms with Gasteiger partial charge in [0.1, 0.15) is 0 Å². The van der Waals surface area contributed by atoms with E-state index in [1.54, 1.807) is 6.08 Å². The van der Waals surface area contributed by atoms with Crippen LogP contribution in [-0.2, 0) is 17.3 Å². The van der Waals surface area contributed by atoms with Crippen LogP contribution in [0.1, 0.15) is 154 Å². The highest BCUT2D eigenvalue weighted by molar-refractivity contribution is 6.01. The fourth-order valence-corrected chi connectivity index (χ4v) is 13.5. The number of anilines is 2. The van der Waals surface area contributed by atoms with Gasteiger partial charge in [0, 0.05) is 44.5 Å². The maximum atomic E-state index is 4.01. The third kappa shape index (κ3) is 11.0. The van der Waals surface area contributed by atoms with Crippen molar-refractivity contribution in [1.29, 1.82) is 0 Å². The van der Waals surface area contributed by atoms with Crippen molar-refractivity contribution in [2.24, 2.45) is 0 Å². The van der Waals surface area contributed by atoms with E-state index in [0.29, 0.717) is 0 Å². The van der Waals surface area contributed by atoms with Crippen molar-refractivity contribution in [3.63, 3.8) is 0 Å². The van der Waals surface area contributed by atoms with Crippen molar-refractivity contribution >= 4 is 52.2 Å². The summed E-state index contributed by atoms with van der Waals surface area (Å²) in [6.45, 7) is 21.0. The van der Waals surface area contributed by atoms with Gasteiger partial charge in [-0.2, -0.15) is 0 Å². The Kier molecular flexibility index (Phi) is 16.7. The molecule has 2 heteroatoms. The van der Waals surface area contributed by atoms with Crippen LogP contribution in [0, 0.1) is 0 Å². The average molecular weight is 1070 g/mol. The van der Waals surface area contributed by atoms with Crippen LogP contribution in [0.5, 0.6) is 0 Å². The molecule has 1 heterocycles. The SMILES string of the molecule is C=C/C=C\C=C/c1ccccc1.C=Cc1ccc(C2=Cc3c(n(-c4ccc5c(c4)C(CCCCCC)(CCCCCC)c4cc(Nc6ccc7c(c6)C(C)(C)c6ccccc6-7)ccc4-5)c4ccc(-c5ccc(C=C)cc5)cc34)CC2)cc1. The monoisotopic (exact) mass is 1070 g/mol. The Labute approximate surface area is 489 Å². The van der Waals surface area contributed by atoms with Crippen LogP contribution < -0.4 is 5.32 Å². The standard InChI is InChI=1S/C68H68N2.C12H12/c1-7-11-13-17-39-68(40-18-14-12-8-2)63-44-53(69-52-31-34-56-55-19-15-16-20-61(55)67(5,6)62(56)43-52)32-35-57(63)58-36-33-54(45-64(58)68)70-65-37-29-50(48-25-21-46(9-3)22-26-48)41-59(65)60-42-51(30-38-66(60)70)49-27-23-47(10-4)24-28-49;1-2-3-4-6-9-12-10-7-5-8-11-12/h9-10,15-16,19-29,31-37,41-45,69H,3-4,7-8,11-14,17-18,30,38-40H2,1-2,5-6H3;2-11H,1H2/b;4-3-,9-6-. The zero-order valence-corrected chi connectivity index (χ0v) is 48.9. The Hall–Kier alpha value is -8.46. The third-order valence-electron chi connectivity index (χ3n) is 17.9. The summed E-state index contributed by atoms with van der Waals surface area (Å²) in [4.78, 5) is 0. The fourth-order valence-electron chi connectivity index (χ4n) is 13.5. The second-order valence-corrected chi connectivity index (χ2v) is 23.4. The summed E-state index contributed by atoms with van der Waals surface area (Å²) in [5.74, 6) is 0. The maximum Gasteiger partial charge on any atom is 0.0538 e. The molecule has 0 fully saturated rings. The predicted octanol–water partition coefficient (Wildman–Crippen LogP) is 22.8. The van der Waals surface area contributed by atoms with E-state index in [4.69, 9.17) is 0 Å². The number of hydrogen-bond donors (Lipinski definition) is 1. The molecular weight excluding hydrogens is 989 g/mol. The lowest BCUT2D eigenvalue weighted by atomic mass is 9.70. The minimum absolute atomic E-state index is 0.0479. The van der Waals surface area contributed by atoms with Crippen molar-refractivity contribution in [2.75, 3.05) is 5.32 Å². The molecule has 0 saturated carbocycles. The molecule has 82 heavy (non-hydrogen) atoms. The molecule has 0 radical (unpaired) electrons. The molecule has 3 aliphatic rings. The molecule has 2 nitrogen and oxygen atoms in total. The van der Waals surface area contributed by atoms with Crippen LogP contribution in [0.2, 0.25) is 0 Å². The van der Waals surface area contributed by atoms with Gasteiger partial charge in [-0.25, -0.2) is 0 Å². The van der Waals surface area contributed by atoms with Crippen LogP contribution in [-0.4, -0.2) is 4.57 Å². The summed E-state index contributed by atoms with van der Waals surface area (Å²) in [5, 5.41) is 5.27. The summed E-state index contributed by atoms with van der Waals surface area (Å²) in [6.07, 6.45) is 30.3. The molecular formula is C80H80N2. The van der Waals surface area contributed by atoms with Crippen LogP contribution in [0.25, 0.3) is 79.8 Å². The number of hydrogen-bond acceptors (Lipinski definition) is 1. The summed E-state index contributed by atoms with van der Waals surface area (Å²) >= 11 is 0. The van der Waals surface area contributed by atoms with Gasteiger partial charge in [0.25, 0.3) is 0 Å². The average Bonchev–Trinajstić information content (AvgIpc) is 2.60. The normalized spacial score (nSPS) is 14.1. The zero-order chi connectivity index (χ0) is 56.6. The molecule has 3 aliphatic carbocycles. The van der Waals surface area contributed by atoms with E-state index in [2.05, 4.69) is 227 Å². The fraction of sp³-hybridized carbons (Fsp3) is 0.225. The number of aromatic nitrogens is 1. The molecule has 0 aliphatic heterocycles. The van der Waals surface area contributed by atoms with E-state index < -0.39 is 0 Å². The van der Waals surface area contributed by atoms with Crippen molar-refractivity contribution in [3.05, 3.63) is 276 Å². The van der Waals surface area contributed by atoms with Crippen LogP contribution in [0.4, 0.5) is 11.4 Å². The molecule has 8 aromatic carbocycles. The van der Waals surface area contributed by atoms with Crippen molar-refractivity contribution in [3.8, 4) is 39.1 Å². The summed E-state index contributed by atoms with van der Waals surface area (Å²) in [7, 11) is 0. The van der Waals surface area contributed by atoms with Gasteiger partial charge < -0.3 is 9.88 Å². The molecule has 0 saturated heterocycles. The molecule has 1 aromatic heterocycles. The Bertz CT molecular complexity index is 3860. The minimum atomic E-state index is -0.0835. The smallest absolute Gasteiger partial charge is 0.0538 e. The second kappa shape index (κ2) is 24.7. The molecule has 0 bridgehead atoms. The Morgan fingerprint density at radius 3 is 1.73 bits per heavy atom. The van der Waals surface area contributed by atoms with Gasteiger partial charge in [-0.1, -0.05) is 269 Å². The van der Waals surface area contributed by atoms with E-state index in [1.165, 1.54) is 157 Å². The van der Waals surface area contributed by atoms with Gasteiger partial charge in [0.05, 0.1) is 5.52 Å². The van der Waals surface area contributed by atoms with Gasteiger partial charge in [0.2, 0.25) is 0 Å². The van der Waals surface area contributed by atoms with Crippen LogP contribution >= 0.6 is 0 Å². The predicted molar refractivity (Wildman–Crippen MR) is 357 cm³/mol. The van der Waals surface area contributed by atoms with Crippen molar-refractivity contribution in [2.45, 2.75) is 116 Å². The van der Waals surface area contributed by atoms with Crippen LogP contribution in [0.15, 0.2) is 220 Å². The van der Waals surface area contributed by atoms with E-state index in [1.807, 2.05) is 48.6 Å².